The number of nitrogens with two attached hydrogens (primary N) is 4. The first kappa shape index (κ1) is 15.9. The Balaban J connectivity index is 4.02. The molecule has 0 aromatic heterocycles. The summed E-state index contributed by atoms with van der Waals surface area (Å²) in [4.78, 5) is 46.1. The summed E-state index contributed by atoms with van der Waals surface area (Å²) in [6, 6.07) is 0.942. The van der Waals surface area contributed by atoms with Crippen LogP contribution in [0.5, 0.6) is 0 Å². The highest BCUT2D eigenvalue weighted by Gasteiger charge is 2.27. The van der Waals surface area contributed by atoms with E-state index >= 15 is 0 Å². The molecule has 21 heavy (non-hydrogen) atoms. The maximum absolute atomic E-state index is 11.6. The summed E-state index contributed by atoms with van der Waals surface area (Å²) in [5, 5.41) is 0. The third-order valence-corrected chi connectivity index (χ3v) is 2.80. The Labute approximate surface area is 119 Å². The van der Waals surface area contributed by atoms with E-state index < -0.39 is 23.6 Å². The van der Waals surface area contributed by atoms with Crippen molar-refractivity contribution in [1.29, 1.82) is 0 Å². The van der Waals surface area contributed by atoms with E-state index in [1.54, 1.807) is 0 Å². The maximum Gasteiger partial charge on any atom is 0.249 e. The van der Waals surface area contributed by atoms with Gasteiger partial charge in [0, 0.05) is 0 Å². The van der Waals surface area contributed by atoms with Gasteiger partial charge in [0.05, 0.1) is 22.3 Å². The minimum Gasteiger partial charge on any atom is -0.366 e. The zero-order valence-corrected chi connectivity index (χ0v) is 11.0. The highest BCUT2D eigenvalue weighted by molar-refractivity contribution is 6.14. The summed E-state index contributed by atoms with van der Waals surface area (Å²) in [6.07, 6.45) is 1.32. The zero-order valence-electron chi connectivity index (χ0n) is 11.0. The van der Waals surface area contributed by atoms with Gasteiger partial charge in [0.25, 0.3) is 0 Å². The number of carbonyl (C=O) groups excluding carboxylic acids is 4. The van der Waals surface area contributed by atoms with Crippen molar-refractivity contribution in [1.82, 2.24) is 0 Å². The lowest BCUT2D eigenvalue weighted by Gasteiger charge is -2.16. The van der Waals surface area contributed by atoms with Crippen LogP contribution in [0.15, 0.2) is 18.7 Å². The predicted octanol–water partition coefficient (Wildman–Crippen LogP) is -1.19. The minimum atomic E-state index is -0.993. The van der Waals surface area contributed by atoms with Gasteiger partial charge in [0.1, 0.15) is 0 Å². The van der Waals surface area contributed by atoms with Crippen molar-refractivity contribution in [2.45, 2.75) is 6.42 Å². The number of primary amides is 4. The second kappa shape index (κ2) is 5.87. The van der Waals surface area contributed by atoms with Crippen molar-refractivity contribution in [3.05, 3.63) is 46.5 Å². The number of amides is 4. The van der Waals surface area contributed by atoms with Gasteiger partial charge in [0.2, 0.25) is 23.6 Å². The summed E-state index contributed by atoms with van der Waals surface area (Å²) in [5.41, 5.74) is 19.6. The standard InChI is InChI=1S/C13H14N4O4/c1-2-3-5-8(12(16)20)6(10(14)18)4-7(11(15)19)9(5)13(17)21/h2,4H,1,3H2,(H2,14,18)(H2,15,19)(H2,16,20)(H2,17,21). The first-order valence-corrected chi connectivity index (χ1v) is 5.72. The average Bonchev–Trinajstić information content (AvgIpc) is 2.36. The molecule has 0 atom stereocenters. The second-order valence-corrected chi connectivity index (χ2v) is 4.15. The molecule has 1 aromatic carbocycles. The summed E-state index contributed by atoms with van der Waals surface area (Å²) < 4.78 is 0. The number of hydrogen-bond acceptors (Lipinski definition) is 4. The van der Waals surface area contributed by atoms with Crippen LogP contribution in [-0.2, 0) is 6.42 Å². The SMILES string of the molecule is C=CCc1c(C(N)=O)c(C(N)=O)cc(C(N)=O)c1C(N)=O. The number of allylic oxidation sites excluding steroid dienone is 1. The number of benzene rings is 1. The van der Waals surface area contributed by atoms with Gasteiger partial charge in [-0.15, -0.1) is 6.58 Å². The molecule has 0 saturated heterocycles. The largest absolute Gasteiger partial charge is 0.366 e. The molecule has 0 fully saturated rings. The topological polar surface area (TPSA) is 172 Å². The van der Waals surface area contributed by atoms with E-state index in [2.05, 4.69) is 6.58 Å². The molecule has 4 amide bonds. The third-order valence-electron chi connectivity index (χ3n) is 2.80. The van der Waals surface area contributed by atoms with E-state index in [9.17, 15) is 19.2 Å². The zero-order chi connectivity index (χ0) is 16.3. The molecule has 0 unspecified atom stereocenters. The Kier molecular flexibility index (Phi) is 4.44. The molecule has 0 aliphatic rings. The van der Waals surface area contributed by atoms with Crippen LogP contribution < -0.4 is 22.9 Å². The van der Waals surface area contributed by atoms with Crippen LogP contribution >= 0.6 is 0 Å². The van der Waals surface area contributed by atoms with Gasteiger partial charge in [-0.25, -0.2) is 0 Å². The molecular formula is C13H14N4O4. The van der Waals surface area contributed by atoms with Crippen molar-refractivity contribution < 1.29 is 19.2 Å². The van der Waals surface area contributed by atoms with Crippen molar-refractivity contribution in [2.24, 2.45) is 22.9 Å². The van der Waals surface area contributed by atoms with Crippen LogP contribution in [0.3, 0.4) is 0 Å². The van der Waals surface area contributed by atoms with Crippen LogP contribution in [-0.4, -0.2) is 23.6 Å². The molecule has 0 aliphatic carbocycles. The highest BCUT2D eigenvalue weighted by Crippen LogP contribution is 2.24. The lowest BCUT2D eigenvalue weighted by Crippen LogP contribution is -2.29. The summed E-state index contributed by atoms with van der Waals surface area (Å²) in [7, 11) is 0. The van der Waals surface area contributed by atoms with Crippen molar-refractivity contribution in [2.75, 3.05) is 0 Å². The third kappa shape index (κ3) is 2.89. The van der Waals surface area contributed by atoms with E-state index in [4.69, 9.17) is 22.9 Å². The Morgan fingerprint density at radius 2 is 1.24 bits per heavy atom. The normalized spacial score (nSPS) is 9.90. The molecule has 8 N–H and O–H groups in total. The number of rotatable bonds is 6. The van der Waals surface area contributed by atoms with Crippen LogP contribution in [0.25, 0.3) is 0 Å². The lowest BCUT2D eigenvalue weighted by atomic mass is 9.88. The van der Waals surface area contributed by atoms with Crippen molar-refractivity contribution >= 4 is 23.6 Å². The average molecular weight is 290 g/mol. The Morgan fingerprint density at radius 1 is 0.857 bits per heavy atom. The lowest BCUT2D eigenvalue weighted by molar-refractivity contribution is 0.0955. The molecule has 8 nitrogen and oxygen atoms in total. The Morgan fingerprint density at radius 3 is 1.48 bits per heavy atom. The number of carbonyl (C=O) groups is 4. The van der Waals surface area contributed by atoms with Gasteiger partial charge < -0.3 is 22.9 Å². The Hall–Kier alpha value is -3.16. The molecule has 0 spiro atoms. The fraction of sp³-hybridized carbons (Fsp3) is 0.0769. The highest BCUT2D eigenvalue weighted by atomic mass is 16.2. The molecule has 8 heteroatoms. The van der Waals surface area contributed by atoms with E-state index in [-0.39, 0.29) is 34.2 Å². The summed E-state index contributed by atoms with van der Waals surface area (Å²) >= 11 is 0. The summed E-state index contributed by atoms with van der Waals surface area (Å²) in [5.74, 6) is -3.96. The minimum absolute atomic E-state index is 0.00454. The van der Waals surface area contributed by atoms with Crippen LogP contribution in [0.4, 0.5) is 0 Å². The van der Waals surface area contributed by atoms with Gasteiger partial charge in [0.15, 0.2) is 0 Å². The molecular weight excluding hydrogens is 276 g/mol. The van der Waals surface area contributed by atoms with Crippen molar-refractivity contribution in [3.63, 3.8) is 0 Å². The van der Waals surface area contributed by atoms with Gasteiger partial charge in [-0.2, -0.15) is 0 Å². The van der Waals surface area contributed by atoms with Crippen LogP contribution in [0.2, 0.25) is 0 Å². The van der Waals surface area contributed by atoms with Gasteiger partial charge in [-0.05, 0) is 18.1 Å². The molecule has 0 radical (unpaired) electrons. The second-order valence-electron chi connectivity index (χ2n) is 4.15. The van der Waals surface area contributed by atoms with E-state index in [1.165, 1.54) is 6.08 Å². The van der Waals surface area contributed by atoms with Gasteiger partial charge >= 0.3 is 0 Å². The Bertz CT molecular complexity index is 629. The predicted molar refractivity (Wildman–Crippen MR) is 74.4 cm³/mol. The van der Waals surface area contributed by atoms with Gasteiger partial charge in [-0.3, -0.25) is 19.2 Å². The van der Waals surface area contributed by atoms with E-state index in [0.717, 1.165) is 6.07 Å². The molecule has 1 rings (SSSR count). The fourth-order valence-electron chi connectivity index (χ4n) is 2.04. The first-order valence-electron chi connectivity index (χ1n) is 5.72. The van der Waals surface area contributed by atoms with Gasteiger partial charge in [-0.1, -0.05) is 6.08 Å². The number of hydrogen-bond donors (Lipinski definition) is 4. The quantitative estimate of drug-likeness (QED) is 0.482. The fourth-order valence-corrected chi connectivity index (χ4v) is 2.04. The van der Waals surface area contributed by atoms with Crippen LogP contribution in [0.1, 0.15) is 47.0 Å². The molecule has 0 heterocycles. The molecule has 0 saturated carbocycles. The maximum atomic E-state index is 11.6. The van der Waals surface area contributed by atoms with Crippen LogP contribution in [0, 0.1) is 0 Å². The van der Waals surface area contributed by atoms with Crippen molar-refractivity contribution in [3.8, 4) is 0 Å². The van der Waals surface area contributed by atoms with E-state index in [1.807, 2.05) is 0 Å². The monoisotopic (exact) mass is 290 g/mol. The summed E-state index contributed by atoms with van der Waals surface area (Å²) in [6.45, 7) is 3.47. The molecule has 1 aromatic rings. The molecule has 0 aliphatic heterocycles. The molecule has 110 valence electrons. The smallest absolute Gasteiger partial charge is 0.249 e. The first-order chi connectivity index (χ1) is 9.72. The molecule has 0 bridgehead atoms. The van der Waals surface area contributed by atoms with E-state index in [0.29, 0.717) is 0 Å².